The Hall–Kier alpha value is -7.39. The van der Waals surface area contributed by atoms with Gasteiger partial charge in [0.25, 0.3) is 0 Å². The normalized spacial score (nSPS) is 12.8. The third kappa shape index (κ3) is 4.75. The third-order valence-electron chi connectivity index (χ3n) is 10.7. The number of nitrogens with zero attached hydrogens (tertiary/aromatic N) is 5. The zero-order chi connectivity index (χ0) is 36.3. The Kier molecular flexibility index (Phi) is 7.23. The van der Waals surface area contributed by atoms with Crippen LogP contribution in [0, 0.1) is 34.0 Å². The molecule has 8 aromatic rings. The van der Waals surface area contributed by atoms with Crippen LogP contribution in [0.5, 0.6) is 0 Å². The first-order chi connectivity index (χ1) is 25.9. The highest BCUT2D eigenvalue weighted by molar-refractivity contribution is 6.10. The Bertz CT molecular complexity index is 2910. The number of benzene rings is 7. The minimum Gasteiger partial charge on any atom is -0.310 e. The molecular formula is C48H31N5. The second kappa shape index (κ2) is 12.1. The van der Waals surface area contributed by atoms with Gasteiger partial charge < -0.3 is 9.47 Å². The number of hydrogen-bond donors (Lipinski definition) is 0. The molecule has 0 saturated heterocycles. The fourth-order valence-corrected chi connectivity index (χ4v) is 8.27. The van der Waals surface area contributed by atoms with Crippen molar-refractivity contribution in [2.45, 2.75) is 19.3 Å². The van der Waals surface area contributed by atoms with E-state index in [-0.39, 0.29) is 5.41 Å². The number of para-hydroxylation sites is 4. The van der Waals surface area contributed by atoms with E-state index in [9.17, 15) is 15.8 Å². The van der Waals surface area contributed by atoms with Crippen LogP contribution in [0.1, 0.15) is 41.7 Å². The number of aromatic nitrogens is 1. The molecule has 0 bridgehead atoms. The van der Waals surface area contributed by atoms with Crippen molar-refractivity contribution in [3.8, 4) is 46.1 Å². The molecule has 2 heterocycles. The monoisotopic (exact) mass is 677 g/mol. The van der Waals surface area contributed by atoms with Crippen LogP contribution in [0.15, 0.2) is 152 Å². The van der Waals surface area contributed by atoms with E-state index in [0.717, 1.165) is 72.4 Å². The van der Waals surface area contributed by atoms with Gasteiger partial charge in [0, 0.05) is 33.0 Å². The van der Waals surface area contributed by atoms with E-state index in [1.54, 1.807) is 0 Å². The summed E-state index contributed by atoms with van der Waals surface area (Å²) in [6.07, 6.45) is 0. The third-order valence-corrected chi connectivity index (χ3v) is 10.7. The van der Waals surface area contributed by atoms with Crippen molar-refractivity contribution in [1.82, 2.24) is 4.57 Å². The van der Waals surface area contributed by atoms with Gasteiger partial charge in [-0.25, -0.2) is 0 Å². The number of fused-ring (bicyclic) bond motifs is 5. The van der Waals surface area contributed by atoms with E-state index < -0.39 is 0 Å². The van der Waals surface area contributed by atoms with Gasteiger partial charge in [0.15, 0.2) is 0 Å². The van der Waals surface area contributed by atoms with E-state index in [4.69, 9.17) is 0 Å². The maximum absolute atomic E-state index is 10.7. The van der Waals surface area contributed by atoms with Crippen LogP contribution >= 0.6 is 0 Å². The Balaban J connectivity index is 1.32. The molecule has 1 aromatic heterocycles. The fourth-order valence-electron chi connectivity index (χ4n) is 8.27. The van der Waals surface area contributed by atoms with Gasteiger partial charge in [0.2, 0.25) is 0 Å². The summed E-state index contributed by atoms with van der Waals surface area (Å²) in [5, 5.41) is 33.0. The van der Waals surface area contributed by atoms with Gasteiger partial charge in [-0.3, -0.25) is 0 Å². The lowest BCUT2D eigenvalue weighted by Gasteiger charge is -2.42. The molecular weight excluding hydrogens is 647 g/mol. The van der Waals surface area contributed by atoms with Crippen molar-refractivity contribution in [2.75, 3.05) is 4.90 Å². The Morgan fingerprint density at radius 2 is 1.19 bits per heavy atom. The first kappa shape index (κ1) is 31.6. The maximum Gasteiger partial charge on any atom is 0.101 e. The molecule has 0 atom stereocenters. The van der Waals surface area contributed by atoms with Crippen molar-refractivity contribution < 1.29 is 0 Å². The van der Waals surface area contributed by atoms with Crippen molar-refractivity contribution in [1.29, 1.82) is 15.8 Å². The summed E-state index contributed by atoms with van der Waals surface area (Å²) in [6.45, 7) is 4.53. The van der Waals surface area contributed by atoms with Crippen LogP contribution in [0.2, 0.25) is 0 Å². The molecule has 0 unspecified atom stereocenters. The van der Waals surface area contributed by atoms with Gasteiger partial charge in [-0.2, -0.15) is 15.8 Å². The summed E-state index contributed by atoms with van der Waals surface area (Å²) < 4.78 is 2.13. The second-order valence-electron chi connectivity index (χ2n) is 13.9. The number of anilines is 3. The molecule has 0 fully saturated rings. The summed E-state index contributed by atoms with van der Waals surface area (Å²) in [5.74, 6) is 0. The maximum atomic E-state index is 10.7. The van der Waals surface area contributed by atoms with Gasteiger partial charge >= 0.3 is 0 Å². The van der Waals surface area contributed by atoms with Crippen LogP contribution in [0.25, 0.3) is 49.7 Å². The van der Waals surface area contributed by atoms with E-state index >= 15 is 0 Å². The summed E-state index contributed by atoms with van der Waals surface area (Å²) in [5.41, 5.74) is 12.9. The van der Waals surface area contributed by atoms with Gasteiger partial charge in [-0.15, -0.1) is 0 Å². The lowest BCUT2D eigenvalue weighted by molar-refractivity contribution is 0.632. The molecule has 7 aromatic carbocycles. The molecule has 0 saturated carbocycles. The molecule has 248 valence electrons. The van der Waals surface area contributed by atoms with Crippen LogP contribution in [0.4, 0.5) is 17.1 Å². The van der Waals surface area contributed by atoms with Gasteiger partial charge in [-0.05, 0) is 89.0 Å². The quantitative estimate of drug-likeness (QED) is 0.186. The average molecular weight is 678 g/mol. The van der Waals surface area contributed by atoms with Gasteiger partial charge in [0.1, 0.15) is 6.07 Å². The topological polar surface area (TPSA) is 79.5 Å². The zero-order valence-electron chi connectivity index (χ0n) is 29.2. The summed E-state index contributed by atoms with van der Waals surface area (Å²) in [4.78, 5) is 2.32. The highest BCUT2D eigenvalue weighted by Gasteiger charge is 2.37. The smallest absolute Gasteiger partial charge is 0.101 e. The fraction of sp³-hybridized carbons (Fsp3) is 0.0625. The number of hydrogen-bond acceptors (Lipinski definition) is 4. The second-order valence-corrected chi connectivity index (χ2v) is 13.9. The Labute approximate surface area is 308 Å². The molecule has 0 spiro atoms. The lowest BCUT2D eigenvalue weighted by Crippen LogP contribution is -2.30. The molecule has 0 amide bonds. The van der Waals surface area contributed by atoms with E-state index in [2.05, 4.69) is 114 Å². The highest BCUT2D eigenvalue weighted by Crippen LogP contribution is 2.53. The Morgan fingerprint density at radius 1 is 0.509 bits per heavy atom. The van der Waals surface area contributed by atoms with Gasteiger partial charge in [-0.1, -0.05) is 98.8 Å². The molecule has 5 heteroatoms. The molecule has 5 nitrogen and oxygen atoms in total. The van der Waals surface area contributed by atoms with Crippen molar-refractivity contribution in [2.24, 2.45) is 0 Å². The molecule has 1 aliphatic rings. The standard InChI is InChI=1S/C48H31N5/c1-48(2)40-19-7-9-21-44(40)52(35-14-4-3-5-15-35)45-25-23-32(27-41(45)48)46-33(29-50)12-10-17-37(46)38-18-11-13-34(30-51)47(38)53-42-20-8-6-16-36(42)39-26-31(28-49)22-24-43(39)53/h3-27H,1-2H3. The lowest BCUT2D eigenvalue weighted by atomic mass is 9.72. The van der Waals surface area contributed by atoms with E-state index in [0.29, 0.717) is 16.7 Å². The largest absolute Gasteiger partial charge is 0.310 e. The van der Waals surface area contributed by atoms with Crippen molar-refractivity contribution >= 4 is 38.9 Å². The number of rotatable bonds is 4. The molecule has 0 aliphatic carbocycles. The predicted molar refractivity (Wildman–Crippen MR) is 213 cm³/mol. The predicted octanol–water partition coefficient (Wildman–Crippen LogP) is 11.8. The summed E-state index contributed by atoms with van der Waals surface area (Å²) >= 11 is 0. The molecule has 1 aliphatic heterocycles. The van der Waals surface area contributed by atoms with E-state index in [1.807, 2.05) is 78.9 Å². The van der Waals surface area contributed by atoms with Crippen LogP contribution in [-0.4, -0.2) is 4.57 Å². The van der Waals surface area contributed by atoms with Crippen LogP contribution < -0.4 is 4.90 Å². The first-order valence-corrected chi connectivity index (χ1v) is 17.5. The zero-order valence-corrected chi connectivity index (χ0v) is 29.2. The molecule has 9 rings (SSSR count). The molecule has 0 radical (unpaired) electrons. The Morgan fingerprint density at radius 3 is 1.98 bits per heavy atom. The average Bonchev–Trinajstić information content (AvgIpc) is 3.54. The van der Waals surface area contributed by atoms with Crippen LogP contribution in [-0.2, 0) is 5.41 Å². The van der Waals surface area contributed by atoms with Crippen LogP contribution in [0.3, 0.4) is 0 Å². The summed E-state index contributed by atoms with van der Waals surface area (Å²) in [7, 11) is 0. The van der Waals surface area contributed by atoms with Crippen molar-refractivity contribution in [3.05, 3.63) is 179 Å². The minimum absolute atomic E-state index is 0.341. The number of nitriles is 3. The van der Waals surface area contributed by atoms with Gasteiger partial charge in [0.05, 0.1) is 56.9 Å². The first-order valence-electron chi connectivity index (χ1n) is 17.5. The molecule has 53 heavy (non-hydrogen) atoms. The van der Waals surface area contributed by atoms with Crippen molar-refractivity contribution in [3.63, 3.8) is 0 Å². The summed E-state index contributed by atoms with van der Waals surface area (Å²) in [6, 6.07) is 58.2. The minimum atomic E-state index is -0.341. The van der Waals surface area contributed by atoms with E-state index in [1.165, 1.54) is 5.56 Å². The SMILES string of the molecule is CC1(C)c2ccccc2N(c2ccccc2)c2ccc(-c3c(C#N)cccc3-c3cccc(C#N)c3-n3c4ccccc4c4cc(C#N)ccc43)cc21. The highest BCUT2D eigenvalue weighted by atomic mass is 15.2. The molecule has 0 N–H and O–H groups in total.